The van der Waals surface area contributed by atoms with Crippen LogP contribution in [0.25, 0.3) is 0 Å². The van der Waals surface area contributed by atoms with Gasteiger partial charge in [0.05, 0.1) is 0 Å². The Morgan fingerprint density at radius 1 is 1.35 bits per heavy atom. The summed E-state index contributed by atoms with van der Waals surface area (Å²) >= 11 is 0. The molecule has 17 heavy (non-hydrogen) atoms. The van der Waals surface area contributed by atoms with Gasteiger partial charge in [0.1, 0.15) is 5.82 Å². The second-order valence-electron chi connectivity index (χ2n) is 5.01. The normalized spacial score (nSPS) is 14.6. The van der Waals surface area contributed by atoms with Gasteiger partial charge in [-0.15, -0.1) is 0 Å². The molecule has 0 bridgehead atoms. The standard InChI is InChI=1S/C15H24FN/c1-5-11(2)8-15(17-4)10-13-6-7-14(16)9-12(13)3/h6-7,9,11,15,17H,5,8,10H2,1-4H3. The maximum atomic E-state index is 13.0. The molecule has 1 aromatic rings. The molecule has 0 fully saturated rings. The van der Waals surface area contributed by atoms with Crippen molar-refractivity contribution in [2.24, 2.45) is 5.92 Å². The molecule has 1 N–H and O–H groups in total. The van der Waals surface area contributed by atoms with Gasteiger partial charge in [-0.25, -0.2) is 4.39 Å². The number of rotatable bonds is 6. The van der Waals surface area contributed by atoms with E-state index in [2.05, 4.69) is 19.2 Å². The number of benzene rings is 1. The second kappa shape index (κ2) is 6.75. The van der Waals surface area contributed by atoms with Crippen LogP contribution in [0.15, 0.2) is 18.2 Å². The molecule has 96 valence electrons. The molecule has 2 unspecified atom stereocenters. The molecule has 1 nitrogen and oxygen atoms in total. The van der Waals surface area contributed by atoms with Crippen molar-refractivity contribution in [1.29, 1.82) is 0 Å². The zero-order chi connectivity index (χ0) is 12.8. The predicted octanol–water partition coefficient (Wildman–Crippen LogP) is 3.70. The smallest absolute Gasteiger partial charge is 0.123 e. The molecule has 0 aliphatic rings. The minimum Gasteiger partial charge on any atom is -0.317 e. The van der Waals surface area contributed by atoms with E-state index in [1.165, 1.54) is 18.4 Å². The summed E-state index contributed by atoms with van der Waals surface area (Å²) in [5, 5.41) is 3.36. The quantitative estimate of drug-likeness (QED) is 0.795. The topological polar surface area (TPSA) is 12.0 Å². The van der Waals surface area contributed by atoms with Gasteiger partial charge < -0.3 is 5.32 Å². The summed E-state index contributed by atoms with van der Waals surface area (Å²) in [4.78, 5) is 0. The van der Waals surface area contributed by atoms with Crippen LogP contribution in [0.3, 0.4) is 0 Å². The van der Waals surface area contributed by atoms with Gasteiger partial charge in [-0.2, -0.15) is 0 Å². The molecule has 0 spiro atoms. The number of hydrogen-bond acceptors (Lipinski definition) is 1. The van der Waals surface area contributed by atoms with Crippen LogP contribution in [0, 0.1) is 18.7 Å². The Morgan fingerprint density at radius 3 is 2.59 bits per heavy atom. The van der Waals surface area contributed by atoms with E-state index in [0.717, 1.165) is 17.9 Å². The summed E-state index contributed by atoms with van der Waals surface area (Å²) in [7, 11) is 2.01. The van der Waals surface area contributed by atoms with E-state index in [9.17, 15) is 4.39 Å². The molecule has 0 heterocycles. The maximum absolute atomic E-state index is 13.0. The first kappa shape index (κ1) is 14.2. The van der Waals surface area contributed by atoms with E-state index in [1.807, 2.05) is 20.0 Å². The number of halogens is 1. The largest absolute Gasteiger partial charge is 0.317 e. The van der Waals surface area contributed by atoms with Gasteiger partial charge in [-0.3, -0.25) is 0 Å². The lowest BCUT2D eigenvalue weighted by atomic mass is 9.93. The van der Waals surface area contributed by atoms with E-state index in [1.54, 1.807) is 12.1 Å². The third-order valence-electron chi connectivity index (χ3n) is 3.56. The molecule has 0 aromatic heterocycles. The first-order chi connectivity index (χ1) is 8.06. The minimum atomic E-state index is -0.144. The first-order valence-electron chi connectivity index (χ1n) is 6.49. The zero-order valence-corrected chi connectivity index (χ0v) is 11.4. The Labute approximate surface area is 104 Å². The average molecular weight is 237 g/mol. The van der Waals surface area contributed by atoms with Crippen LogP contribution in [0.5, 0.6) is 0 Å². The molecule has 1 aromatic carbocycles. The molecular weight excluding hydrogens is 213 g/mol. The summed E-state index contributed by atoms with van der Waals surface area (Å²) in [6.07, 6.45) is 3.36. The Morgan fingerprint density at radius 2 is 2.06 bits per heavy atom. The number of likely N-dealkylation sites (N-methyl/N-ethyl adjacent to an activating group) is 1. The van der Waals surface area contributed by atoms with Crippen molar-refractivity contribution < 1.29 is 4.39 Å². The van der Waals surface area contributed by atoms with Crippen molar-refractivity contribution in [2.75, 3.05) is 7.05 Å². The molecule has 0 aliphatic carbocycles. The number of aryl methyl sites for hydroxylation is 1. The fraction of sp³-hybridized carbons (Fsp3) is 0.600. The van der Waals surface area contributed by atoms with E-state index >= 15 is 0 Å². The van der Waals surface area contributed by atoms with Crippen LogP contribution in [0.4, 0.5) is 4.39 Å². The summed E-state index contributed by atoms with van der Waals surface area (Å²) in [5.41, 5.74) is 2.29. The highest BCUT2D eigenvalue weighted by atomic mass is 19.1. The van der Waals surface area contributed by atoms with E-state index in [4.69, 9.17) is 0 Å². The van der Waals surface area contributed by atoms with Gasteiger partial charge in [0.15, 0.2) is 0 Å². The van der Waals surface area contributed by atoms with Crippen LogP contribution in [-0.2, 0) is 6.42 Å². The Bertz CT molecular complexity index is 349. The summed E-state index contributed by atoms with van der Waals surface area (Å²) in [6.45, 7) is 6.48. The van der Waals surface area contributed by atoms with E-state index in [0.29, 0.717) is 6.04 Å². The number of hydrogen-bond donors (Lipinski definition) is 1. The summed E-state index contributed by atoms with van der Waals surface area (Å²) in [6, 6.07) is 5.56. The maximum Gasteiger partial charge on any atom is 0.123 e. The van der Waals surface area contributed by atoms with Gasteiger partial charge in [0, 0.05) is 6.04 Å². The molecule has 0 radical (unpaired) electrons. The van der Waals surface area contributed by atoms with E-state index < -0.39 is 0 Å². The Kier molecular flexibility index (Phi) is 5.63. The number of nitrogens with one attached hydrogen (secondary N) is 1. The lowest BCUT2D eigenvalue weighted by Crippen LogP contribution is -2.29. The molecule has 1 rings (SSSR count). The predicted molar refractivity (Wildman–Crippen MR) is 71.8 cm³/mol. The third-order valence-corrected chi connectivity index (χ3v) is 3.56. The van der Waals surface area contributed by atoms with Crippen LogP contribution in [0.2, 0.25) is 0 Å². The highest BCUT2D eigenvalue weighted by Crippen LogP contribution is 2.17. The highest BCUT2D eigenvalue weighted by Gasteiger charge is 2.12. The van der Waals surface area contributed by atoms with Gasteiger partial charge in [-0.05, 0) is 56.0 Å². The SMILES string of the molecule is CCC(C)CC(Cc1ccc(F)cc1C)NC. The molecule has 0 aliphatic heterocycles. The molecular formula is C15H24FN. The molecule has 0 amide bonds. The van der Waals surface area contributed by atoms with Crippen molar-refractivity contribution in [3.8, 4) is 0 Å². The second-order valence-corrected chi connectivity index (χ2v) is 5.01. The van der Waals surface area contributed by atoms with Crippen molar-refractivity contribution in [3.63, 3.8) is 0 Å². The lowest BCUT2D eigenvalue weighted by molar-refractivity contribution is 0.410. The van der Waals surface area contributed by atoms with Crippen LogP contribution in [-0.4, -0.2) is 13.1 Å². The average Bonchev–Trinajstić information content (AvgIpc) is 2.31. The van der Waals surface area contributed by atoms with Crippen LogP contribution >= 0.6 is 0 Å². The summed E-state index contributed by atoms with van der Waals surface area (Å²) < 4.78 is 13.0. The molecule has 0 saturated heterocycles. The molecule has 2 atom stereocenters. The minimum absolute atomic E-state index is 0.144. The summed E-state index contributed by atoms with van der Waals surface area (Å²) in [5.74, 6) is 0.586. The molecule has 0 saturated carbocycles. The fourth-order valence-corrected chi connectivity index (χ4v) is 2.11. The third kappa shape index (κ3) is 4.47. The highest BCUT2D eigenvalue weighted by molar-refractivity contribution is 5.27. The molecule has 2 heteroatoms. The van der Waals surface area contributed by atoms with Crippen molar-refractivity contribution in [1.82, 2.24) is 5.32 Å². The Hall–Kier alpha value is -0.890. The van der Waals surface area contributed by atoms with Gasteiger partial charge in [0.2, 0.25) is 0 Å². The zero-order valence-electron chi connectivity index (χ0n) is 11.4. The van der Waals surface area contributed by atoms with Crippen LogP contribution in [0.1, 0.15) is 37.8 Å². The van der Waals surface area contributed by atoms with Crippen molar-refractivity contribution >= 4 is 0 Å². The first-order valence-corrected chi connectivity index (χ1v) is 6.49. The Balaban J connectivity index is 2.67. The van der Waals surface area contributed by atoms with Gasteiger partial charge >= 0.3 is 0 Å². The van der Waals surface area contributed by atoms with Crippen molar-refractivity contribution in [3.05, 3.63) is 35.1 Å². The van der Waals surface area contributed by atoms with E-state index in [-0.39, 0.29) is 5.82 Å². The van der Waals surface area contributed by atoms with Gasteiger partial charge in [-0.1, -0.05) is 26.3 Å². The monoisotopic (exact) mass is 237 g/mol. The van der Waals surface area contributed by atoms with Crippen LogP contribution < -0.4 is 5.32 Å². The fourth-order valence-electron chi connectivity index (χ4n) is 2.11. The van der Waals surface area contributed by atoms with Gasteiger partial charge in [0.25, 0.3) is 0 Å². The lowest BCUT2D eigenvalue weighted by Gasteiger charge is -2.20. The van der Waals surface area contributed by atoms with Crippen molar-refractivity contribution in [2.45, 2.75) is 46.1 Å².